The van der Waals surface area contributed by atoms with Crippen molar-refractivity contribution in [2.24, 2.45) is 0 Å². The van der Waals surface area contributed by atoms with Crippen molar-refractivity contribution in [3.8, 4) is 5.75 Å². The number of aromatic nitrogens is 2. The number of fused-ring (bicyclic) bond motifs is 1. The Balaban J connectivity index is 1.71. The Bertz CT molecular complexity index is 900. The van der Waals surface area contributed by atoms with E-state index in [2.05, 4.69) is 15.3 Å². The van der Waals surface area contributed by atoms with E-state index in [0.717, 1.165) is 11.3 Å². The lowest BCUT2D eigenvalue weighted by Gasteiger charge is -2.30. The van der Waals surface area contributed by atoms with Crippen LogP contribution in [0.4, 0.5) is 10.7 Å². The molecule has 0 aliphatic carbocycles. The van der Waals surface area contributed by atoms with E-state index < -0.39 is 11.7 Å². The van der Waals surface area contributed by atoms with Crippen LogP contribution in [0.25, 0.3) is 0 Å². The number of H-pyrrole nitrogens is 1. The van der Waals surface area contributed by atoms with Gasteiger partial charge in [0.2, 0.25) is 5.95 Å². The maximum atomic E-state index is 12.4. The number of carbonyl (C=O) groups is 1. The Morgan fingerprint density at radius 1 is 1.29 bits per heavy atom. The lowest BCUT2D eigenvalue weighted by molar-refractivity contribution is 0.0220. The highest BCUT2D eigenvalue weighted by atomic mass is 16.6. The smallest absolute Gasteiger partial charge is 0.410 e. The summed E-state index contributed by atoms with van der Waals surface area (Å²) in [5.41, 5.74) is 1.50. The highest BCUT2D eigenvalue weighted by Gasteiger charge is 2.28. The number of nitrogens with one attached hydrogen (secondary N) is 2. The summed E-state index contributed by atoms with van der Waals surface area (Å²) >= 11 is 0. The molecule has 0 unspecified atom stereocenters. The van der Waals surface area contributed by atoms with E-state index in [1.54, 1.807) is 12.0 Å². The van der Waals surface area contributed by atoms with Crippen LogP contribution in [0.2, 0.25) is 0 Å². The van der Waals surface area contributed by atoms with Crippen LogP contribution in [-0.4, -0.2) is 40.2 Å². The first-order valence-electron chi connectivity index (χ1n) is 9.22. The van der Waals surface area contributed by atoms with Crippen LogP contribution in [-0.2, 0) is 24.2 Å². The summed E-state index contributed by atoms with van der Waals surface area (Å²) in [6.07, 6.45) is 0.0586. The topological polar surface area (TPSA) is 96.5 Å². The number of nitrogens with zero attached hydrogens (tertiary/aromatic N) is 2. The quantitative estimate of drug-likeness (QED) is 0.839. The second-order valence-corrected chi connectivity index (χ2v) is 7.69. The second kappa shape index (κ2) is 7.92. The lowest BCUT2D eigenvalue weighted by Crippen LogP contribution is -2.42. The molecule has 0 saturated carbocycles. The van der Waals surface area contributed by atoms with Crippen molar-refractivity contribution in [2.45, 2.75) is 45.9 Å². The van der Waals surface area contributed by atoms with Gasteiger partial charge in [0, 0.05) is 18.7 Å². The molecule has 3 rings (SSSR count). The Kier molecular flexibility index (Phi) is 5.58. The van der Waals surface area contributed by atoms with Gasteiger partial charge >= 0.3 is 6.09 Å². The molecule has 1 aliphatic heterocycles. The van der Waals surface area contributed by atoms with Gasteiger partial charge in [0.05, 0.1) is 19.3 Å². The zero-order chi connectivity index (χ0) is 20.3. The molecule has 1 aliphatic rings. The SMILES string of the molecule is COc1ccc(CNc2nc3c(c(=O)[nH]2)CCN(C(=O)OC(C)(C)C)C3)cc1. The zero-order valence-electron chi connectivity index (χ0n) is 16.7. The monoisotopic (exact) mass is 386 g/mol. The van der Waals surface area contributed by atoms with Gasteiger partial charge in [-0.25, -0.2) is 9.78 Å². The molecule has 8 nitrogen and oxygen atoms in total. The Morgan fingerprint density at radius 3 is 2.64 bits per heavy atom. The van der Waals surface area contributed by atoms with Gasteiger partial charge in [0.15, 0.2) is 0 Å². The van der Waals surface area contributed by atoms with Crippen molar-refractivity contribution in [1.82, 2.24) is 14.9 Å². The van der Waals surface area contributed by atoms with Gasteiger partial charge in [0.1, 0.15) is 11.4 Å². The van der Waals surface area contributed by atoms with Gasteiger partial charge in [-0.1, -0.05) is 12.1 Å². The van der Waals surface area contributed by atoms with Crippen molar-refractivity contribution in [3.63, 3.8) is 0 Å². The number of amides is 1. The summed E-state index contributed by atoms with van der Waals surface area (Å²) in [6, 6.07) is 7.62. The maximum absolute atomic E-state index is 12.4. The first kappa shape index (κ1) is 19.7. The minimum atomic E-state index is -0.565. The third kappa shape index (κ3) is 4.82. The average molecular weight is 386 g/mol. The van der Waals surface area contributed by atoms with Gasteiger partial charge in [-0.05, 0) is 44.9 Å². The van der Waals surface area contributed by atoms with Crippen LogP contribution < -0.4 is 15.6 Å². The fourth-order valence-corrected chi connectivity index (χ4v) is 2.93. The van der Waals surface area contributed by atoms with Crippen LogP contribution in [0.5, 0.6) is 5.75 Å². The largest absolute Gasteiger partial charge is 0.497 e. The van der Waals surface area contributed by atoms with Crippen LogP contribution >= 0.6 is 0 Å². The number of aromatic amines is 1. The van der Waals surface area contributed by atoms with Crippen LogP contribution in [0.15, 0.2) is 29.1 Å². The molecule has 0 atom stereocenters. The van der Waals surface area contributed by atoms with Crippen LogP contribution in [0, 0.1) is 0 Å². The summed E-state index contributed by atoms with van der Waals surface area (Å²) in [5.74, 6) is 1.16. The molecule has 150 valence electrons. The average Bonchev–Trinajstić information content (AvgIpc) is 2.65. The van der Waals surface area contributed by atoms with E-state index in [-0.39, 0.29) is 12.1 Å². The summed E-state index contributed by atoms with van der Waals surface area (Å²) < 4.78 is 10.6. The summed E-state index contributed by atoms with van der Waals surface area (Å²) in [6.45, 7) is 6.67. The van der Waals surface area contributed by atoms with Gasteiger partial charge in [0.25, 0.3) is 5.56 Å². The summed E-state index contributed by atoms with van der Waals surface area (Å²) in [7, 11) is 1.62. The molecule has 0 fully saturated rings. The minimum absolute atomic E-state index is 0.175. The van der Waals surface area contributed by atoms with Gasteiger partial charge < -0.3 is 19.7 Å². The molecular weight excluding hydrogens is 360 g/mol. The fraction of sp³-hybridized carbons (Fsp3) is 0.450. The van der Waals surface area contributed by atoms with E-state index in [4.69, 9.17) is 9.47 Å². The number of hydrogen-bond acceptors (Lipinski definition) is 6. The summed E-state index contributed by atoms with van der Waals surface area (Å²) in [4.78, 5) is 33.6. The fourth-order valence-electron chi connectivity index (χ4n) is 2.93. The molecular formula is C20H26N4O4. The maximum Gasteiger partial charge on any atom is 0.410 e. The molecule has 2 N–H and O–H groups in total. The lowest BCUT2D eigenvalue weighted by atomic mass is 10.1. The molecule has 0 spiro atoms. The van der Waals surface area contributed by atoms with E-state index in [1.807, 2.05) is 45.0 Å². The van der Waals surface area contributed by atoms with E-state index in [1.165, 1.54) is 0 Å². The number of carbonyl (C=O) groups excluding carboxylic acids is 1. The first-order chi connectivity index (χ1) is 13.2. The van der Waals surface area contributed by atoms with Gasteiger partial charge in [-0.15, -0.1) is 0 Å². The predicted molar refractivity (Wildman–Crippen MR) is 106 cm³/mol. The van der Waals surface area contributed by atoms with Crippen molar-refractivity contribution in [1.29, 1.82) is 0 Å². The molecule has 2 heterocycles. The van der Waals surface area contributed by atoms with E-state index in [0.29, 0.717) is 36.7 Å². The number of methoxy groups -OCH3 is 1. The molecule has 1 aromatic carbocycles. The number of hydrogen-bond donors (Lipinski definition) is 2. The zero-order valence-corrected chi connectivity index (χ0v) is 16.7. The molecule has 0 saturated heterocycles. The minimum Gasteiger partial charge on any atom is -0.497 e. The Morgan fingerprint density at radius 2 is 2.00 bits per heavy atom. The Labute approximate surface area is 163 Å². The molecule has 28 heavy (non-hydrogen) atoms. The van der Waals surface area contributed by atoms with Crippen LogP contribution in [0.3, 0.4) is 0 Å². The van der Waals surface area contributed by atoms with E-state index in [9.17, 15) is 9.59 Å². The molecule has 1 aromatic heterocycles. The molecule has 0 radical (unpaired) electrons. The van der Waals surface area contributed by atoms with Gasteiger partial charge in [-0.2, -0.15) is 0 Å². The third-order valence-corrected chi connectivity index (χ3v) is 4.34. The number of rotatable bonds is 4. The van der Waals surface area contributed by atoms with Crippen molar-refractivity contribution < 1.29 is 14.3 Å². The van der Waals surface area contributed by atoms with Gasteiger partial charge in [-0.3, -0.25) is 9.78 Å². The first-order valence-corrected chi connectivity index (χ1v) is 9.22. The number of benzene rings is 1. The number of anilines is 1. The standard InChI is InChI=1S/C20H26N4O4/c1-20(2,3)28-19(26)24-10-9-15-16(12-24)22-18(23-17(15)25)21-11-13-5-7-14(27-4)8-6-13/h5-8H,9-12H2,1-4H3,(H2,21,22,23,25). The molecule has 2 aromatic rings. The normalized spacial score (nSPS) is 13.6. The second-order valence-electron chi connectivity index (χ2n) is 7.69. The highest BCUT2D eigenvalue weighted by Crippen LogP contribution is 2.19. The number of ether oxygens (including phenoxy) is 2. The molecule has 0 bridgehead atoms. The van der Waals surface area contributed by atoms with Crippen molar-refractivity contribution in [2.75, 3.05) is 19.0 Å². The van der Waals surface area contributed by atoms with Crippen LogP contribution in [0.1, 0.15) is 37.6 Å². The van der Waals surface area contributed by atoms with Crippen molar-refractivity contribution in [3.05, 3.63) is 51.4 Å². The highest BCUT2D eigenvalue weighted by molar-refractivity contribution is 5.68. The van der Waals surface area contributed by atoms with Crippen molar-refractivity contribution >= 4 is 12.0 Å². The summed E-state index contributed by atoms with van der Waals surface area (Å²) in [5, 5.41) is 3.13. The van der Waals surface area contributed by atoms with E-state index >= 15 is 0 Å². The third-order valence-electron chi connectivity index (χ3n) is 4.34. The predicted octanol–water partition coefficient (Wildman–Crippen LogP) is 2.68. The molecule has 1 amide bonds. The molecule has 8 heteroatoms. The Hall–Kier alpha value is -3.03.